The van der Waals surface area contributed by atoms with Gasteiger partial charge in [0.15, 0.2) is 0 Å². The number of carbonyl (C=O) groups excluding carboxylic acids is 3. The molecule has 13 nitrogen and oxygen atoms in total. The van der Waals surface area contributed by atoms with Crippen LogP contribution in [0.15, 0.2) is 71.7 Å². The molecule has 2 atom stereocenters. The van der Waals surface area contributed by atoms with Gasteiger partial charge in [-0.1, -0.05) is 39.3 Å². The molecule has 14 heteroatoms. The molecule has 0 radical (unpaired) electrons. The number of aromatic nitrogens is 2. The predicted molar refractivity (Wildman–Crippen MR) is 227 cm³/mol. The van der Waals surface area contributed by atoms with E-state index >= 15 is 0 Å². The first-order chi connectivity index (χ1) is 28.2. The van der Waals surface area contributed by atoms with E-state index in [1.54, 1.807) is 24.4 Å². The Morgan fingerprint density at radius 1 is 0.932 bits per heavy atom. The Morgan fingerprint density at radius 3 is 2.36 bits per heavy atom. The number of halogens is 1. The quantitative estimate of drug-likeness (QED) is 0.195. The summed E-state index contributed by atoms with van der Waals surface area (Å²) in [5.74, 6) is 0.293. The fourth-order valence-corrected chi connectivity index (χ4v) is 10.2. The van der Waals surface area contributed by atoms with Crippen molar-refractivity contribution in [3.8, 4) is 11.8 Å². The molecule has 3 saturated heterocycles. The first-order valence-corrected chi connectivity index (χ1v) is 21.0. The van der Waals surface area contributed by atoms with Crippen molar-refractivity contribution in [2.24, 2.45) is 16.7 Å². The van der Waals surface area contributed by atoms with Crippen LogP contribution in [-0.4, -0.2) is 90.4 Å². The van der Waals surface area contributed by atoms with Crippen LogP contribution < -0.4 is 30.7 Å². The van der Waals surface area contributed by atoms with Crippen LogP contribution in [0, 0.1) is 28.1 Å². The molecule has 3 aliphatic heterocycles. The maximum Gasteiger partial charge on any atom is 0.275 e. The number of fused-ring (bicyclic) bond motifs is 1. The fourth-order valence-electron chi connectivity index (χ4n) is 10.0. The number of benzene rings is 3. The van der Waals surface area contributed by atoms with E-state index in [4.69, 9.17) is 16.3 Å². The minimum absolute atomic E-state index is 0.101. The highest BCUT2D eigenvalue weighted by Crippen LogP contribution is 2.55. The van der Waals surface area contributed by atoms with Crippen molar-refractivity contribution in [3.05, 3.63) is 93.4 Å². The minimum atomic E-state index is -0.781. The summed E-state index contributed by atoms with van der Waals surface area (Å²) in [5, 5.41) is 20.7. The van der Waals surface area contributed by atoms with Gasteiger partial charge in [-0.15, -0.1) is 0 Å². The monoisotopic (exact) mass is 818 g/mol. The van der Waals surface area contributed by atoms with Gasteiger partial charge in [0.25, 0.3) is 17.4 Å². The van der Waals surface area contributed by atoms with Crippen LogP contribution in [0.4, 0.5) is 11.4 Å². The molecule has 3 aromatic carbocycles. The van der Waals surface area contributed by atoms with Crippen molar-refractivity contribution in [2.45, 2.75) is 71.6 Å². The van der Waals surface area contributed by atoms with Gasteiger partial charge in [-0.3, -0.25) is 29.4 Å². The van der Waals surface area contributed by atoms with Gasteiger partial charge in [0, 0.05) is 91.0 Å². The number of nitrogens with one attached hydrogen (secondary N) is 2. The number of piperazine rings is 1. The standard InChI is InChI=1S/C45H51ClN8O5/c1-44(2)42(45(3,4)43(44)59-34-11-7-30(25-47)36(46)24-34)50-39(56)29-5-8-32(9-6-29)53-18-16-28(27-53)15-17-51-19-21-52(22-20-51)33-10-12-35-31(23-33)26-48-54(41(35)58)37-13-14-38(55)49-40(37)57/h5-12,23-24,26,28,37,42-43H,13-22,27H2,1-4H3,(H,50,56)(H,49,55,57)/t28?,37-,42-,43-/m1/s1. The molecule has 2 N–H and O–H groups in total. The number of amides is 3. The van der Waals surface area contributed by atoms with Gasteiger partial charge in [-0.25, -0.2) is 4.68 Å². The first-order valence-electron chi connectivity index (χ1n) is 20.6. The van der Waals surface area contributed by atoms with Crippen molar-refractivity contribution >= 4 is 51.5 Å². The Labute approximate surface area is 349 Å². The van der Waals surface area contributed by atoms with E-state index in [0.29, 0.717) is 33.2 Å². The third-order valence-electron chi connectivity index (χ3n) is 13.1. The number of hydrogen-bond donors (Lipinski definition) is 2. The Kier molecular flexibility index (Phi) is 10.9. The number of nitriles is 1. The molecule has 0 bridgehead atoms. The number of piperidine rings is 1. The van der Waals surface area contributed by atoms with Crippen LogP contribution >= 0.6 is 11.6 Å². The van der Waals surface area contributed by atoms with E-state index in [-0.39, 0.29) is 53.2 Å². The summed E-state index contributed by atoms with van der Waals surface area (Å²) in [4.78, 5) is 58.0. The molecule has 4 aliphatic rings. The second-order valence-corrected chi connectivity index (χ2v) is 18.1. The van der Waals surface area contributed by atoms with Crippen LogP contribution in [-0.2, 0) is 9.59 Å². The predicted octanol–water partition coefficient (Wildman–Crippen LogP) is 5.55. The number of ether oxygens (including phenoxy) is 1. The van der Waals surface area contributed by atoms with Gasteiger partial charge in [0.05, 0.1) is 22.2 Å². The lowest BCUT2D eigenvalue weighted by atomic mass is 9.49. The number of rotatable bonds is 10. The zero-order chi connectivity index (χ0) is 41.6. The molecule has 1 unspecified atom stereocenters. The molecular weight excluding hydrogens is 768 g/mol. The molecular formula is C45H51ClN8O5. The van der Waals surface area contributed by atoms with Crippen LogP contribution in [0.1, 0.15) is 75.3 Å². The Balaban J connectivity index is 0.790. The van der Waals surface area contributed by atoms with Crippen molar-refractivity contribution in [3.63, 3.8) is 0 Å². The van der Waals surface area contributed by atoms with Gasteiger partial charge in [0.2, 0.25) is 5.91 Å². The molecule has 4 fully saturated rings. The average molecular weight is 819 g/mol. The lowest BCUT2D eigenvalue weighted by molar-refractivity contribution is -0.164. The maximum absolute atomic E-state index is 13.5. The molecule has 4 heterocycles. The number of anilines is 2. The summed E-state index contributed by atoms with van der Waals surface area (Å²) in [6.45, 7) is 15.2. The second kappa shape index (κ2) is 16.0. The summed E-state index contributed by atoms with van der Waals surface area (Å²) in [7, 11) is 0. The van der Waals surface area contributed by atoms with E-state index in [0.717, 1.165) is 75.4 Å². The summed E-state index contributed by atoms with van der Waals surface area (Å²) in [6, 6.07) is 20.0. The summed E-state index contributed by atoms with van der Waals surface area (Å²) < 4.78 is 7.59. The molecule has 0 spiro atoms. The van der Waals surface area contributed by atoms with E-state index in [1.807, 2.05) is 30.3 Å². The minimum Gasteiger partial charge on any atom is -0.489 e. The normalized spacial score (nSPS) is 24.0. The molecule has 1 aliphatic carbocycles. The lowest BCUT2D eigenvalue weighted by Crippen LogP contribution is -2.74. The van der Waals surface area contributed by atoms with Gasteiger partial charge >= 0.3 is 0 Å². The molecule has 4 aromatic rings. The zero-order valence-electron chi connectivity index (χ0n) is 34.0. The topological polar surface area (TPSA) is 153 Å². The van der Waals surface area contributed by atoms with Crippen LogP contribution in [0.5, 0.6) is 5.75 Å². The van der Waals surface area contributed by atoms with Gasteiger partial charge in [-0.2, -0.15) is 10.4 Å². The second-order valence-electron chi connectivity index (χ2n) is 17.7. The zero-order valence-corrected chi connectivity index (χ0v) is 34.8. The van der Waals surface area contributed by atoms with Crippen molar-refractivity contribution < 1.29 is 19.1 Å². The smallest absolute Gasteiger partial charge is 0.275 e. The lowest BCUT2D eigenvalue weighted by Gasteiger charge is -2.63. The largest absolute Gasteiger partial charge is 0.489 e. The van der Waals surface area contributed by atoms with Crippen LogP contribution in [0.2, 0.25) is 5.02 Å². The molecule has 8 rings (SSSR count). The highest BCUT2D eigenvalue weighted by Gasteiger charge is 2.64. The molecule has 308 valence electrons. The van der Waals surface area contributed by atoms with Gasteiger partial charge in [0.1, 0.15) is 24.0 Å². The number of imide groups is 1. The fraction of sp³-hybridized carbons (Fsp3) is 0.467. The summed E-state index contributed by atoms with van der Waals surface area (Å²) >= 11 is 6.26. The Morgan fingerprint density at radius 2 is 1.66 bits per heavy atom. The third-order valence-corrected chi connectivity index (χ3v) is 13.4. The van der Waals surface area contributed by atoms with Crippen LogP contribution in [0.3, 0.4) is 0 Å². The third kappa shape index (κ3) is 7.88. The molecule has 1 saturated carbocycles. The summed E-state index contributed by atoms with van der Waals surface area (Å²) in [5.41, 5.74) is 2.21. The summed E-state index contributed by atoms with van der Waals surface area (Å²) in [6.07, 6.45) is 4.19. The molecule has 59 heavy (non-hydrogen) atoms. The Hall–Kier alpha value is -5.45. The van der Waals surface area contributed by atoms with E-state index in [9.17, 15) is 24.4 Å². The Bertz CT molecular complexity index is 2370. The molecule has 1 aromatic heterocycles. The number of hydrogen-bond acceptors (Lipinski definition) is 10. The van der Waals surface area contributed by atoms with E-state index < -0.39 is 11.9 Å². The first kappa shape index (κ1) is 40.3. The molecule has 3 amide bonds. The van der Waals surface area contributed by atoms with E-state index in [2.05, 4.69) is 76.3 Å². The van der Waals surface area contributed by atoms with Gasteiger partial charge < -0.3 is 19.9 Å². The van der Waals surface area contributed by atoms with Crippen molar-refractivity contribution in [1.29, 1.82) is 5.26 Å². The van der Waals surface area contributed by atoms with Crippen molar-refractivity contribution in [1.82, 2.24) is 25.3 Å². The average Bonchev–Trinajstić information content (AvgIpc) is 3.71. The highest BCUT2D eigenvalue weighted by atomic mass is 35.5. The SMILES string of the molecule is CC1(C)[C@H](NC(=O)c2ccc(N3CCC(CCN4CCN(c5ccc6c(=O)n([C@@H]7CCC(=O)NC7=O)ncc6c5)CC4)C3)cc2)C(C)(C)[C@H]1Oc1ccc(C#N)c(Cl)c1. The van der Waals surface area contributed by atoms with Crippen LogP contribution in [0.25, 0.3) is 10.8 Å². The van der Waals surface area contributed by atoms with Crippen molar-refractivity contribution in [2.75, 3.05) is 55.6 Å². The number of nitrogens with zero attached hydrogens (tertiary/aromatic N) is 6. The highest BCUT2D eigenvalue weighted by molar-refractivity contribution is 6.31. The maximum atomic E-state index is 13.5. The number of carbonyl (C=O) groups is 3. The van der Waals surface area contributed by atoms with E-state index in [1.165, 1.54) is 4.68 Å². The van der Waals surface area contributed by atoms with Gasteiger partial charge in [-0.05, 0) is 86.3 Å².